The van der Waals surface area contributed by atoms with E-state index in [-0.39, 0.29) is 28.0 Å². The van der Waals surface area contributed by atoms with E-state index in [2.05, 4.69) is 12.6 Å². The molecule has 1 aliphatic rings. The van der Waals surface area contributed by atoms with Gasteiger partial charge in [0.15, 0.2) is 0 Å². The SMILES string of the molecule is CC(CSC(=O)c1ccccc1)C(=O)N1CC(c2ccccc2)C[C@H]1C(=O)S. The van der Waals surface area contributed by atoms with E-state index in [1.807, 2.05) is 55.5 Å². The van der Waals surface area contributed by atoms with Crippen LogP contribution in [-0.4, -0.2) is 39.4 Å². The third-order valence-electron chi connectivity index (χ3n) is 5.04. The van der Waals surface area contributed by atoms with E-state index in [1.54, 1.807) is 17.0 Å². The van der Waals surface area contributed by atoms with Crippen LogP contribution < -0.4 is 0 Å². The Hall–Kier alpha value is -2.05. The lowest BCUT2D eigenvalue weighted by Crippen LogP contribution is -2.42. The van der Waals surface area contributed by atoms with Crippen LogP contribution in [0, 0.1) is 5.92 Å². The van der Waals surface area contributed by atoms with Gasteiger partial charge in [0.25, 0.3) is 0 Å². The molecule has 4 nitrogen and oxygen atoms in total. The molecule has 2 aromatic carbocycles. The molecule has 0 bridgehead atoms. The minimum absolute atomic E-state index is 0.0503. The first-order chi connectivity index (χ1) is 13.5. The highest BCUT2D eigenvalue weighted by molar-refractivity contribution is 8.14. The van der Waals surface area contributed by atoms with Crippen LogP contribution >= 0.6 is 24.4 Å². The number of hydrogen-bond donors (Lipinski definition) is 1. The monoisotopic (exact) mass is 413 g/mol. The molecule has 1 heterocycles. The Bertz CT molecular complexity index is 841. The van der Waals surface area contributed by atoms with Crippen LogP contribution in [0.3, 0.4) is 0 Å². The standard InChI is InChI=1S/C22H23NO3S2/c1-15(14-28-22(26)17-10-6-3-7-11-17)20(24)23-13-18(12-19(23)21(25)27)16-8-4-2-5-9-16/h2-11,15,18-19H,12-14H2,1H3,(H,25,27)/t15?,18?,19-/m0/s1. The molecule has 3 atom stereocenters. The van der Waals surface area contributed by atoms with E-state index < -0.39 is 6.04 Å². The number of likely N-dealkylation sites (tertiary alicyclic amines) is 1. The molecule has 1 fully saturated rings. The van der Waals surface area contributed by atoms with Crippen LogP contribution in [0.4, 0.5) is 0 Å². The Morgan fingerprint density at radius 3 is 2.29 bits per heavy atom. The molecule has 28 heavy (non-hydrogen) atoms. The van der Waals surface area contributed by atoms with E-state index in [9.17, 15) is 14.4 Å². The fourth-order valence-corrected chi connectivity index (χ4v) is 4.58. The second kappa shape index (κ2) is 9.43. The highest BCUT2D eigenvalue weighted by atomic mass is 32.2. The van der Waals surface area contributed by atoms with E-state index >= 15 is 0 Å². The van der Waals surface area contributed by atoms with Crippen molar-refractivity contribution in [1.82, 2.24) is 4.90 Å². The number of amides is 1. The Kier molecular flexibility index (Phi) is 6.97. The largest absolute Gasteiger partial charge is 0.331 e. The van der Waals surface area contributed by atoms with Gasteiger partial charge in [-0.15, -0.1) is 12.6 Å². The first kappa shape index (κ1) is 20.7. The van der Waals surface area contributed by atoms with Crippen molar-refractivity contribution in [1.29, 1.82) is 0 Å². The molecule has 0 N–H and O–H groups in total. The van der Waals surface area contributed by atoms with Gasteiger partial charge in [-0.25, -0.2) is 0 Å². The molecule has 2 unspecified atom stereocenters. The second-order valence-corrected chi connectivity index (χ2v) is 8.49. The molecular weight excluding hydrogens is 390 g/mol. The number of thioether (sulfide) groups is 1. The van der Waals surface area contributed by atoms with Crippen molar-refractivity contribution in [3.8, 4) is 0 Å². The summed E-state index contributed by atoms with van der Waals surface area (Å²) in [5.74, 6) is 0.0469. The van der Waals surface area contributed by atoms with Crippen LogP contribution in [0.1, 0.15) is 35.2 Å². The molecule has 0 aliphatic carbocycles. The summed E-state index contributed by atoms with van der Waals surface area (Å²) in [6.07, 6.45) is 0.584. The summed E-state index contributed by atoms with van der Waals surface area (Å²) < 4.78 is 0. The third kappa shape index (κ3) is 4.86. The van der Waals surface area contributed by atoms with Crippen molar-refractivity contribution in [2.24, 2.45) is 5.92 Å². The highest BCUT2D eigenvalue weighted by Crippen LogP contribution is 2.34. The Morgan fingerprint density at radius 1 is 1.07 bits per heavy atom. The summed E-state index contributed by atoms with van der Waals surface area (Å²) in [4.78, 5) is 38.9. The maximum atomic E-state index is 13.0. The van der Waals surface area contributed by atoms with E-state index in [0.29, 0.717) is 24.3 Å². The average Bonchev–Trinajstić information content (AvgIpc) is 3.18. The average molecular weight is 414 g/mol. The number of hydrogen-bond acceptors (Lipinski definition) is 4. The van der Waals surface area contributed by atoms with Gasteiger partial charge in [0.1, 0.15) is 6.04 Å². The Labute approximate surface area is 175 Å². The van der Waals surface area contributed by atoms with Gasteiger partial charge >= 0.3 is 0 Å². The van der Waals surface area contributed by atoms with Crippen molar-refractivity contribution in [2.75, 3.05) is 12.3 Å². The molecule has 6 heteroatoms. The first-order valence-electron chi connectivity index (χ1n) is 9.27. The van der Waals surface area contributed by atoms with Gasteiger partial charge in [-0.3, -0.25) is 14.4 Å². The summed E-state index contributed by atoms with van der Waals surface area (Å²) in [6, 6.07) is 18.4. The van der Waals surface area contributed by atoms with E-state index in [0.717, 1.165) is 17.3 Å². The highest BCUT2D eigenvalue weighted by Gasteiger charge is 2.40. The predicted octanol–water partition coefficient (Wildman–Crippen LogP) is 4.04. The van der Waals surface area contributed by atoms with Gasteiger partial charge in [0.2, 0.25) is 16.1 Å². The quantitative estimate of drug-likeness (QED) is 0.727. The number of carbonyl (C=O) groups is 3. The summed E-state index contributed by atoms with van der Waals surface area (Å²) >= 11 is 5.15. The van der Waals surface area contributed by atoms with Crippen molar-refractivity contribution >= 4 is 40.5 Å². The van der Waals surface area contributed by atoms with E-state index in [1.165, 1.54) is 0 Å². The van der Waals surface area contributed by atoms with Crippen molar-refractivity contribution in [3.63, 3.8) is 0 Å². The zero-order chi connectivity index (χ0) is 20.1. The topological polar surface area (TPSA) is 54.5 Å². The molecule has 146 valence electrons. The molecule has 1 aliphatic heterocycles. The van der Waals surface area contributed by atoms with Crippen LogP contribution in [0.25, 0.3) is 0 Å². The number of nitrogens with zero attached hydrogens (tertiary/aromatic N) is 1. The smallest absolute Gasteiger partial charge is 0.226 e. The zero-order valence-corrected chi connectivity index (χ0v) is 17.4. The minimum atomic E-state index is -0.515. The van der Waals surface area contributed by atoms with Crippen LogP contribution in [0.15, 0.2) is 60.7 Å². The van der Waals surface area contributed by atoms with Gasteiger partial charge in [0.05, 0.1) is 0 Å². The molecule has 0 spiro atoms. The molecule has 0 aromatic heterocycles. The Morgan fingerprint density at radius 2 is 1.68 bits per heavy atom. The van der Waals surface area contributed by atoms with Gasteiger partial charge < -0.3 is 4.90 Å². The fourth-order valence-electron chi connectivity index (χ4n) is 3.49. The molecular formula is C22H23NO3S2. The number of rotatable bonds is 6. The van der Waals surface area contributed by atoms with Gasteiger partial charge in [-0.05, 0) is 12.0 Å². The maximum absolute atomic E-state index is 13.0. The van der Waals surface area contributed by atoms with Crippen molar-refractivity contribution < 1.29 is 14.4 Å². The lowest BCUT2D eigenvalue weighted by molar-refractivity contribution is -0.137. The van der Waals surface area contributed by atoms with Gasteiger partial charge in [0, 0.05) is 29.7 Å². The number of thiol groups is 1. The van der Waals surface area contributed by atoms with Gasteiger partial charge in [-0.1, -0.05) is 79.3 Å². The van der Waals surface area contributed by atoms with Crippen molar-refractivity contribution in [2.45, 2.75) is 25.3 Å². The van der Waals surface area contributed by atoms with Crippen LogP contribution in [-0.2, 0) is 9.59 Å². The summed E-state index contributed by atoms with van der Waals surface area (Å²) in [5.41, 5.74) is 1.75. The lowest BCUT2D eigenvalue weighted by Gasteiger charge is -2.25. The van der Waals surface area contributed by atoms with Gasteiger partial charge in [-0.2, -0.15) is 0 Å². The molecule has 0 saturated carbocycles. The normalized spacial score (nSPS) is 20.0. The van der Waals surface area contributed by atoms with Crippen molar-refractivity contribution in [3.05, 3.63) is 71.8 Å². The molecule has 0 radical (unpaired) electrons. The maximum Gasteiger partial charge on any atom is 0.226 e. The predicted molar refractivity (Wildman–Crippen MR) is 116 cm³/mol. The molecule has 2 aromatic rings. The molecule has 1 amide bonds. The fraction of sp³-hybridized carbons (Fsp3) is 0.318. The molecule has 1 saturated heterocycles. The first-order valence-corrected chi connectivity index (χ1v) is 10.7. The zero-order valence-electron chi connectivity index (χ0n) is 15.7. The van der Waals surface area contributed by atoms with Crippen LogP contribution in [0.2, 0.25) is 0 Å². The summed E-state index contributed by atoms with van der Waals surface area (Å²) in [6.45, 7) is 2.31. The molecule has 3 rings (SSSR count). The summed E-state index contributed by atoms with van der Waals surface area (Å²) in [5, 5.41) is -0.336. The second-order valence-electron chi connectivity index (χ2n) is 7.05. The number of benzene rings is 2. The number of carbonyl (C=O) groups excluding carboxylic acids is 3. The Balaban J connectivity index is 1.64. The third-order valence-corrected chi connectivity index (χ3v) is 6.50. The summed E-state index contributed by atoms with van der Waals surface area (Å²) in [7, 11) is 0. The lowest BCUT2D eigenvalue weighted by atomic mass is 9.97. The minimum Gasteiger partial charge on any atom is -0.331 e. The van der Waals surface area contributed by atoms with Crippen LogP contribution in [0.5, 0.6) is 0 Å². The van der Waals surface area contributed by atoms with E-state index in [4.69, 9.17) is 0 Å².